The van der Waals surface area contributed by atoms with E-state index in [1.807, 2.05) is 13.0 Å². The highest BCUT2D eigenvalue weighted by atomic mass is 79.9. The molecule has 0 unspecified atom stereocenters. The fraction of sp³-hybridized carbons (Fsp3) is 0.154. The lowest BCUT2D eigenvalue weighted by atomic mass is 10.2. The van der Waals surface area contributed by atoms with E-state index in [0.717, 1.165) is 15.7 Å². The van der Waals surface area contributed by atoms with Crippen molar-refractivity contribution < 1.29 is 9.13 Å². The number of ether oxygens (including phenoxy) is 1. The first-order valence-electron chi connectivity index (χ1n) is 5.39. The van der Waals surface area contributed by atoms with Gasteiger partial charge in [-0.15, -0.1) is 0 Å². The van der Waals surface area contributed by atoms with E-state index >= 15 is 0 Å². The molecule has 0 saturated heterocycles. The third-order valence-electron chi connectivity index (χ3n) is 2.44. The van der Waals surface area contributed by atoms with Crippen molar-refractivity contribution in [3.63, 3.8) is 0 Å². The number of nitrogens with zero attached hydrogens (tertiary/aromatic N) is 1. The Morgan fingerprint density at radius 2 is 2.11 bits per heavy atom. The zero-order valence-electron chi connectivity index (χ0n) is 9.78. The van der Waals surface area contributed by atoms with Gasteiger partial charge in [-0.2, -0.15) is 0 Å². The third-order valence-corrected chi connectivity index (χ3v) is 3.28. The van der Waals surface area contributed by atoms with Gasteiger partial charge < -0.3 is 10.5 Å². The van der Waals surface area contributed by atoms with Gasteiger partial charge in [-0.3, -0.25) is 0 Å². The minimum Gasteiger partial charge on any atom is -0.436 e. The quantitative estimate of drug-likeness (QED) is 0.943. The maximum Gasteiger partial charge on any atom is 0.219 e. The minimum atomic E-state index is -0.444. The van der Waals surface area contributed by atoms with Crippen molar-refractivity contribution in [2.24, 2.45) is 5.73 Å². The van der Waals surface area contributed by atoms with Crippen LogP contribution in [0.1, 0.15) is 11.3 Å². The number of nitrogens with two attached hydrogens (primary N) is 1. The van der Waals surface area contributed by atoms with Gasteiger partial charge in [-0.05, 0) is 46.6 Å². The summed E-state index contributed by atoms with van der Waals surface area (Å²) < 4.78 is 20.0. The van der Waals surface area contributed by atoms with E-state index in [-0.39, 0.29) is 5.75 Å². The Kier molecular flexibility index (Phi) is 3.93. The molecule has 0 amide bonds. The molecule has 0 saturated carbocycles. The topological polar surface area (TPSA) is 48.1 Å². The van der Waals surface area contributed by atoms with Crippen LogP contribution in [0, 0.1) is 12.7 Å². The molecule has 94 valence electrons. The zero-order chi connectivity index (χ0) is 13.1. The number of hydrogen-bond donors (Lipinski definition) is 1. The van der Waals surface area contributed by atoms with Crippen LogP contribution in [0.2, 0.25) is 0 Å². The molecule has 0 fully saturated rings. The number of hydrogen-bond acceptors (Lipinski definition) is 3. The highest BCUT2D eigenvalue weighted by Gasteiger charge is 2.07. The van der Waals surface area contributed by atoms with Gasteiger partial charge >= 0.3 is 0 Å². The molecule has 0 aliphatic heterocycles. The van der Waals surface area contributed by atoms with Crippen molar-refractivity contribution >= 4 is 15.9 Å². The van der Waals surface area contributed by atoms with Gasteiger partial charge in [0.05, 0.1) is 5.69 Å². The van der Waals surface area contributed by atoms with Crippen LogP contribution < -0.4 is 10.5 Å². The molecule has 0 spiro atoms. The summed E-state index contributed by atoms with van der Waals surface area (Å²) >= 11 is 3.34. The van der Waals surface area contributed by atoms with Gasteiger partial charge in [0.15, 0.2) is 11.6 Å². The lowest BCUT2D eigenvalue weighted by Gasteiger charge is -2.08. The molecule has 1 aromatic carbocycles. The average Bonchev–Trinajstić information content (AvgIpc) is 2.36. The van der Waals surface area contributed by atoms with Crippen LogP contribution in [-0.2, 0) is 6.54 Å². The van der Waals surface area contributed by atoms with Crippen molar-refractivity contribution in [2.45, 2.75) is 13.5 Å². The van der Waals surface area contributed by atoms with E-state index in [4.69, 9.17) is 10.5 Å². The van der Waals surface area contributed by atoms with Crippen molar-refractivity contribution in [2.75, 3.05) is 0 Å². The first kappa shape index (κ1) is 13.0. The highest BCUT2D eigenvalue weighted by Crippen LogP contribution is 2.25. The van der Waals surface area contributed by atoms with Crippen LogP contribution in [-0.4, -0.2) is 4.98 Å². The monoisotopic (exact) mass is 310 g/mol. The fourth-order valence-corrected chi connectivity index (χ4v) is 1.67. The third kappa shape index (κ3) is 2.86. The number of aryl methyl sites for hydroxylation is 1. The summed E-state index contributed by atoms with van der Waals surface area (Å²) in [4.78, 5) is 4.19. The van der Waals surface area contributed by atoms with Gasteiger partial charge in [0.25, 0.3) is 0 Å². The molecule has 1 aromatic heterocycles. The lowest BCUT2D eigenvalue weighted by molar-refractivity contribution is 0.426. The molecular weight excluding hydrogens is 299 g/mol. The number of pyridine rings is 1. The smallest absolute Gasteiger partial charge is 0.219 e. The van der Waals surface area contributed by atoms with Crippen molar-refractivity contribution in [3.8, 4) is 11.6 Å². The zero-order valence-corrected chi connectivity index (χ0v) is 11.4. The Balaban J connectivity index is 2.25. The lowest BCUT2D eigenvalue weighted by Crippen LogP contribution is -1.98. The van der Waals surface area contributed by atoms with Gasteiger partial charge in [0, 0.05) is 17.1 Å². The second-order valence-corrected chi connectivity index (χ2v) is 4.64. The molecule has 0 bridgehead atoms. The second-order valence-electron chi connectivity index (χ2n) is 3.79. The van der Waals surface area contributed by atoms with Crippen molar-refractivity contribution in [1.29, 1.82) is 0 Å². The van der Waals surface area contributed by atoms with Gasteiger partial charge in [0.2, 0.25) is 5.88 Å². The Bertz CT molecular complexity index is 575. The molecule has 0 aliphatic rings. The number of rotatable bonds is 3. The summed E-state index contributed by atoms with van der Waals surface area (Å²) in [5.41, 5.74) is 6.94. The Morgan fingerprint density at radius 1 is 1.33 bits per heavy atom. The van der Waals surface area contributed by atoms with Crippen LogP contribution in [0.15, 0.2) is 34.8 Å². The summed E-state index contributed by atoms with van der Waals surface area (Å²) in [7, 11) is 0. The van der Waals surface area contributed by atoms with E-state index in [9.17, 15) is 4.39 Å². The molecule has 0 aliphatic carbocycles. The van der Waals surface area contributed by atoms with Gasteiger partial charge in [0.1, 0.15) is 0 Å². The molecule has 0 atom stereocenters. The number of halogens is 2. The first-order chi connectivity index (χ1) is 8.60. The van der Waals surface area contributed by atoms with Crippen LogP contribution in [0.4, 0.5) is 4.39 Å². The molecule has 5 heteroatoms. The van der Waals surface area contributed by atoms with Crippen molar-refractivity contribution in [1.82, 2.24) is 4.98 Å². The maximum atomic E-state index is 13.7. The summed E-state index contributed by atoms with van der Waals surface area (Å²) in [5.74, 6) is 0.0526. The summed E-state index contributed by atoms with van der Waals surface area (Å²) in [5, 5.41) is 0. The van der Waals surface area contributed by atoms with Crippen LogP contribution in [0.3, 0.4) is 0 Å². The average molecular weight is 311 g/mol. The SMILES string of the molecule is Cc1nc(Oc2ccc(CN)cc2F)ccc1Br. The van der Waals surface area contributed by atoms with E-state index < -0.39 is 5.82 Å². The summed E-state index contributed by atoms with van der Waals surface area (Å²) in [6.45, 7) is 2.14. The van der Waals surface area contributed by atoms with E-state index in [1.165, 1.54) is 6.07 Å². The standard InChI is InChI=1S/C13H12BrFN2O/c1-8-10(14)3-5-13(17-8)18-12-4-2-9(7-16)6-11(12)15/h2-6H,7,16H2,1H3. The molecule has 2 aromatic rings. The number of aromatic nitrogens is 1. The summed E-state index contributed by atoms with van der Waals surface area (Å²) in [6, 6.07) is 8.12. The van der Waals surface area contributed by atoms with Gasteiger partial charge in [-0.25, -0.2) is 9.37 Å². The Hall–Kier alpha value is -1.46. The van der Waals surface area contributed by atoms with Crippen LogP contribution >= 0.6 is 15.9 Å². The Labute approximate surface area is 113 Å². The van der Waals surface area contributed by atoms with Gasteiger partial charge in [-0.1, -0.05) is 6.07 Å². The van der Waals surface area contributed by atoms with Crippen LogP contribution in [0.25, 0.3) is 0 Å². The normalized spacial score (nSPS) is 10.4. The molecule has 1 heterocycles. The van der Waals surface area contributed by atoms with E-state index in [2.05, 4.69) is 20.9 Å². The molecule has 3 nitrogen and oxygen atoms in total. The highest BCUT2D eigenvalue weighted by molar-refractivity contribution is 9.10. The molecule has 2 N–H and O–H groups in total. The number of benzene rings is 1. The second kappa shape index (κ2) is 5.46. The summed E-state index contributed by atoms with van der Waals surface area (Å²) in [6.07, 6.45) is 0. The predicted molar refractivity (Wildman–Crippen MR) is 71.0 cm³/mol. The Morgan fingerprint density at radius 3 is 2.72 bits per heavy atom. The molecular formula is C13H12BrFN2O. The maximum absolute atomic E-state index is 13.7. The van der Waals surface area contributed by atoms with Crippen molar-refractivity contribution in [3.05, 3.63) is 51.9 Å². The fourth-order valence-electron chi connectivity index (χ4n) is 1.44. The van der Waals surface area contributed by atoms with E-state index in [1.54, 1.807) is 18.2 Å². The first-order valence-corrected chi connectivity index (χ1v) is 6.19. The molecule has 2 rings (SSSR count). The predicted octanol–water partition coefficient (Wildman–Crippen LogP) is 3.54. The van der Waals surface area contributed by atoms with E-state index in [0.29, 0.717) is 12.4 Å². The molecule has 0 radical (unpaired) electrons. The minimum absolute atomic E-state index is 0.140. The van der Waals surface area contributed by atoms with Crippen LogP contribution in [0.5, 0.6) is 11.6 Å². The molecule has 18 heavy (non-hydrogen) atoms. The largest absolute Gasteiger partial charge is 0.436 e.